The molecular formula is C16H27N3O2. The highest BCUT2D eigenvalue weighted by molar-refractivity contribution is 5.75. The maximum Gasteiger partial charge on any atom is 0.323 e. The predicted octanol–water partition coefficient (Wildman–Crippen LogP) is 2.68. The van der Waals surface area contributed by atoms with E-state index in [0.717, 1.165) is 5.69 Å². The van der Waals surface area contributed by atoms with E-state index in [-0.39, 0.29) is 17.9 Å². The van der Waals surface area contributed by atoms with Crippen LogP contribution in [0.15, 0.2) is 12.3 Å². The van der Waals surface area contributed by atoms with Gasteiger partial charge in [0.25, 0.3) is 0 Å². The summed E-state index contributed by atoms with van der Waals surface area (Å²) in [6, 6.07) is 2.31. The fraction of sp³-hybridized carbons (Fsp3) is 0.750. The highest BCUT2D eigenvalue weighted by Crippen LogP contribution is 2.27. The van der Waals surface area contributed by atoms with E-state index in [9.17, 15) is 4.79 Å². The Balaban J connectivity index is 1.91. The van der Waals surface area contributed by atoms with E-state index in [0.29, 0.717) is 12.6 Å². The van der Waals surface area contributed by atoms with Crippen molar-refractivity contribution in [2.45, 2.75) is 64.6 Å². The number of methoxy groups -OCH3 is 1. The van der Waals surface area contributed by atoms with E-state index in [1.807, 2.05) is 19.9 Å². The van der Waals surface area contributed by atoms with E-state index >= 15 is 0 Å². The van der Waals surface area contributed by atoms with Crippen LogP contribution in [0.5, 0.6) is 0 Å². The Labute approximate surface area is 127 Å². The lowest BCUT2D eigenvalue weighted by Gasteiger charge is -2.22. The molecule has 1 atom stereocenters. The molecule has 118 valence electrons. The smallest absolute Gasteiger partial charge is 0.323 e. The van der Waals surface area contributed by atoms with E-state index in [2.05, 4.69) is 21.3 Å². The maximum absolute atomic E-state index is 11.7. The molecule has 0 saturated heterocycles. The average Bonchev–Trinajstić information content (AvgIpc) is 2.96. The molecule has 1 fully saturated rings. The Morgan fingerprint density at radius 3 is 2.76 bits per heavy atom. The predicted molar refractivity (Wildman–Crippen MR) is 81.8 cm³/mol. The Bertz CT molecular complexity index is 450. The molecule has 0 aromatic carbocycles. The molecule has 0 amide bonds. The van der Waals surface area contributed by atoms with Crippen molar-refractivity contribution in [3.8, 4) is 0 Å². The van der Waals surface area contributed by atoms with E-state index in [4.69, 9.17) is 4.74 Å². The molecule has 0 aliphatic heterocycles. The van der Waals surface area contributed by atoms with Gasteiger partial charge in [0.1, 0.15) is 6.04 Å². The number of carbonyl (C=O) groups excluding carboxylic acids is 1. The molecule has 1 saturated carbocycles. The summed E-state index contributed by atoms with van der Waals surface area (Å²) >= 11 is 0. The van der Waals surface area contributed by atoms with Crippen molar-refractivity contribution in [3.63, 3.8) is 0 Å². The minimum absolute atomic E-state index is 0.192. The number of rotatable bonds is 6. The summed E-state index contributed by atoms with van der Waals surface area (Å²) in [5, 5.41) is 7.90. The van der Waals surface area contributed by atoms with Gasteiger partial charge in [-0.2, -0.15) is 5.10 Å². The summed E-state index contributed by atoms with van der Waals surface area (Å²) in [6.07, 6.45) is 8.47. The third-order valence-corrected chi connectivity index (χ3v) is 4.24. The van der Waals surface area contributed by atoms with Crippen molar-refractivity contribution in [2.24, 2.45) is 5.92 Å². The lowest BCUT2D eigenvalue weighted by molar-refractivity contribution is -0.144. The van der Waals surface area contributed by atoms with Crippen molar-refractivity contribution < 1.29 is 9.53 Å². The van der Waals surface area contributed by atoms with E-state index in [1.54, 1.807) is 0 Å². The summed E-state index contributed by atoms with van der Waals surface area (Å²) in [4.78, 5) is 11.7. The standard InChI is InChI=1S/C16H27N3O2/c1-12(2)15(16(20)21-3)17-11-13-9-10-19(18-13)14-7-5-4-6-8-14/h9-10,12,14-15,17H,4-8,11H2,1-3H3. The van der Waals surface area contributed by atoms with Crippen LogP contribution in [-0.2, 0) is 16.1 Å². The van der Waals surface area contributed by atoms with E-state index in [1.165, 1.54) is 39.2 Å². The second kappa shape index (κ2) is 7.59. The Kier molecular flexibility index (Phi) is 5.79. The van der Waals surface area contributed by atoms with Gasteiger partial charge in [0, 0.05) is 12.7 Å². The highest BCUT2D eigenvalue weighted by atomic mass is 16.5. The molecule has 1 aliphatic rings. The topological polar surface area (TPSA) is 56.1 Å². The van der Waals surface area contributed by atoms with Crippen LogP contribution in [-0.4, -0.2) is 28.9 Å². The molecule has 0 spiro atoms. The lowest BCUT2D eigenvalue weighted by atomic mass is 9.96. The second-order valence-corrected chi connectivity index (χ2v) is 6.20. The van der Waals surface area contributed by atoms with Crippen LogP contribution in [0.25, 0.3) is 0 Å². The third kappa shape index (κ3) is 4.30. The first-order valence-corrected chi connectivity index (χ1v) is 7.97. The van der Waals surface area contributed by atoms with Gasteiger partial charge in [0.2, 0.25) is 0 Å². The van der Waals surface area contributed by atoms with Gasteiger partial charge in [-0.05, 0) is 24.8 Å². The summed E-state index contributed by atoms with van der Waals surface area (Å²) in [6.45, 7) is 4.61. The van der Waals surface area contributed by atoms with Crippen LogP contribution in [0.4, 0.5) is 0 Å². The largest absolute Gasteiger partial charge is 0.468 e. The number of nitrogens with zero attached hydrogens (tertiary/aromatic N) is 2. The van der Waals surface area contributed by atoms with E-state index < -0.39 is 0 Å². The zero-order chi connectivity index (χ0) is 15.2. The van der Waals surface area contributed by atoms with Crippen LogP contribution in [0.3, 0.4) is 0 Å². The minimum atomic E-state index is -0.283. The fourth-order valence-electron chi connectivity index (χ4n) is 2.95. The first-order chi connectivity index (χ1) is 10.1. The quantitative estimate of drug-likeness (QED) is 0.819. The van der Waals surface area contributed by atoms with Crippen molar-refractivity contribution in [1.29, 1.82) is 0 Å². The molecule has 0 bridgehead atoms. The van der Waals surface area contributed by atoms with Gasteiger partial charge in [-0.15, -0.1) is 0 Å². The number of aromatic nitrogens is 2. The second-order valence-electron chi connectivity index (χ2n) is 6.20. The molecule has 1 aliphatic carbocycles. The number of carbonyl (C=O) groups is 1. The number of ether oxygens (including phenoxy) is 1. The van der Waals surface area contributed by atoms with Gasteiger partial charge < -0.3 is 4.74 Å². The van der Waals surface area contributed by atoms with Crippen molar-refractivity contribution in [3.05, 3.63) is 18.0 Å². The SMILES string of the molecule is COC(=O)C(NCc1ccn(C2CCCCC2)n1)C(C)C. The molecule has 1 aromatic heterocycles. The zero-order valence-electron chi connectivity index (χ0n) is 13.3. The van der Waals surface area contributed by atoms with Crippen molar-refractivity contribution in [2.75, 3.05) is 7.11 Å². The van der Waals surface area contributed by atoms with Crippen LogP contribution >= 0.6 is 0 Å². The van der Waals surface area contributed by atoms with Crippen LogP contribution in [0.2, 0.25) is 0 Å². The summed E-state index contributed by atoms with van der Waals surface area (Å²) < 4.78 is 6.93. The van der Waals surface area contributed by atoms with Gasteiger partial charge >= 0.3 is 5.97 Å². The van der Waals surface area contributed by atoms with Gasteiger partial charge in [-0.25, -0.2) is 0 Å². The number of nitrogens with one attached hydrogen (secondary N) is 1. The molecule has 1 heterocycles. The summed E-state index contributed by atoms with van der Waals surface area (Å²) in [5.74, 6) is -0.0189. The van der Waals surface area contributed by atoms with Crippen LogP contribution in [0, 0.1) is 5.92 Å². The highest BCUT2D eigenvalue weighted by Gasteiger charge is 2.22. The first-order valence-electron chi connectivity index (χ1n) is 7.97. The normalized spacial score (nSPS) is 17.9. The molecular weight excluding hydrogens is 266 g/mol. The lowest BCUT2D eigenvalue weighted by Crippen LogP contribution is -2.41. The van der Waals surface area contributed by atoms with Gasteiger partial charge in [-0.3, -0.25) is 14.8 Å². The molecule has 0 radical (unpaired) electrons. The van der Waals surface area contributed by atoms with Gasteiger partial charge in [-0.1, -0.05) is 33.1 Å². The Morgan fingerprint density at radius 1 is 1.43 bits per heavy atom. The number of hydrogen-bond donors (Lipinski definition) is 1. The van der Waals surface area contributed by atoms with Crippen molar-refractivity contribution >= 4 is 5.97 Å². The molecule has 1 aromatic rings. The van der Waals surface area contributed by atoms with Crippen LogP contribution < -0.4 is 5.32 Å². The fourth-order valence-corrected chi connectivity index (χ4v) is 2.95. The Hall–Kier alpha value is -1.36. The average molecular weight is 293 g/mol. The number of esters is 1. The maximum atomic E-state index is 11.7. The summed E-state index contributed by atoms with van der Waals surface area (Å²) in [7, 11) is 1.43. The monoisotopic (exact) mass is 293 g/mol. The van der Waals surface area contributed by atoms with Crippen LogP contribution in [0.1, 0.15) is 57.7 Å². The zero-order valence-corrected chi connectivity index (χ0v) is 13.3. The molecule has 5 nitrogen and oxygen atoms in total. The van der Waals surface area contributed by atoms with Gasteiger partial charge in [0.05, 0.1) is 18.8 Å². The Morgan fingerprint density at radius 2 is 2.14 bits per heavy atom. The molecule has 1 unspecified atom stereocenters. The van der Waals surface area contributed by atoms with Crippen molar-refractivity contribution in [1.82, 2.24) is 15.1 Å². The van der Waals surface area contributed by atoms with Gasteiger partial charge in [0.15, 0.2) is 0 Å². The molecule has 1 N–H and O–H groups in total. The minimum Gasteiger partial charge on any atom is -0.468 e. The summed E-state index contributed by atoms with van der Waals surface area (Å²) in [5.41, 5.74) is 0.982. The third-order valence-electron chi connectivity index (χ3n) is 4.24. The molecule has 5 heteroatoms. The first kappa shape index (κ1) is 16.0. The molecule has 21 heavy (non-hydrogen) atoms. The molecule has 2 rings (SSSR count). The number of hydrogen-bond acceptors (Lipinski definition) is 4.